The number of aryl methyl sites for hydroxylation is 2. The number of anilines is 1. The minimum atomic E-state index is -4.06. The lowest BCUT2D eigenvalue weighted by molar-refractivity contribution is -0.122. The van der Waals surface area contributed by atoms with Crippen molar-refractivity contribution >= 4 is 39.9 Å². The lowest BCUT2D eigenvalue weighted by atomic mass is 9.81. The summed E-state index contributed by atoms with van der Waals surface area (Å²) in [5.74, 6) is -0.416. The smallest absolute Gasteiger partial charge is 0.264 e. The van der Waals surface area contributed by atoms with Gasteiger partial charge in [0.05, 0.1) is 29.1 Å². The zero-order valence-corrected chi connectivity index (χ0v) is 24.9. The highest BCUT2D eigenvalue weighted by Crippen LogP contribution is 2.50. The van der Waals surface area contributed by atoms with E-state index in [9.17, 15) is 13.2 Å². The lowest BCUT2D eigenvalue weighted by Crippen LogP contribution is -2.45. The summed E-state index contributed by atoms with van der Waals surface area (Å²) in [6, 6.07) is 29.3. The third-order valence-electron chi connectivity index (χ3n) is 7.93. The maximum absolute atomic E-state index is 14.4. The van der Waals surface area contributed by atoms with Gasteiger partial charge < -0.3 is 11.1 Å². The molecule has 2 atom stereocenters. The summed E-state index contributed by atoms with van der Waals surface area (Å²) < 4.78 is 30.2. The van der Waals surface area contributed by atoms with Crippen LogP contribution in [0.5, 0.6) is 0 Å². The van der Waals surface area contributed by atoms with Crippen LogP contribution in [0.25, 0.3) is 11.1 Å². The maximum atomic E-state index is 14.4. The predicted molar refractivity (Wildman–Crippen MR) is 170 cm³/mol. The van der Waals surface area contributed by atoms with Gasteiger partial charge in [-0.25, -0.2) is 8.42 Å². The van der Waals surface area contributed by atoms with Crippen LogP contribution in [-0.4, -0.2) is 33.3 Å². The molecule has 0 fully saturated rings. The first-order valence-electron chi connectivity index (χ1n) is 13.8. The van der Waals surface area contributed by atoms with Gasteiger partial charge in [-0.1, -0.05) is 84.4 Å². The Morgan fingerprint density at radius 3 is 2.29 bits per heavy atom. The van der Waals surface area contributed by atoms with Gasteiger partial charge in [0.25, 0.3) is 10.0 Å². The topological polar surface area (TPSA) is 105 Å². The molecule has 2 aliphatic heterocycles. The Balaban J connectivity index is 0.00000353. The number of carbonyl (C=O) groups excluding carboxylic acids is 1. The van der Waals surface area contributed by atoms with Crippen molar-refractivity contribution in [3.63, 3.8) is 0 Å². The van der Waals surface area contributed by atoms with E-state index in [0.29, 0.717) is 18.5 Å². The number of hydrogen-bond acceptors (Lipinski definition) is 5. The Hall–Kier alpha value is -4.14. The number of benzene rings is 4. The van der Waals surface area contributed by atoms with Gasteiger partial charge >= 0.3 is 0 Å². The molecular formula is C33H33ClN4O3S. The number of aliphatic imine (C=N–C) groups is 1. The van der Waals surface area contributed by atoms with Crippen LogP contribution in [0.1, 0.15) is 34.7 Å². The van der Waals surface area contributed by atoms with E-state index in [1.54, 1.807) is 30.3 Å². The number of rotatable bonds is 8. The molecule has 0 aromatic heterocycles. The highest BCUT2D eigenvalue weighted by Gasteiger charge is 2.44. The summed E-state index contributed by atoms with van der Waals surface area (Å²) in [5.41, 5.74) is 12.1. The van der Waals surface area contributed by atoms with Crippen molar-refractivity contribution in [1.29, 1.82) is 0 Å². The van der Waals surface area contributed by atoms with Crippen LogP contribution in [0.3, 0.4) is 0 Å². The summed E-state index contributed by atoms with van der Waals surface area (Å²) in [6.45, 7) is 3.52. The fourth-order valence-electron chi connectivity index (χ4n) is 5.85. The van der Waals surface area contributed by atoms with Gasteiger partial charge in [-0.2, -0.15) is 0 Å². The molecule has 4 aromatic carbocycles. The lowest BCUT2D eigenvalue weighted by Gasteiger charge is -2.42. The van der Waals surface area contributed by atoms with Crippen molar-refractivity contribution in [3.8, 4) is 11.1 Å². The van der Waals surface area contributed by atoms with Crippen LogP contribution >= 0.6 is 12.4 Å². The van der Waals surface area contributed by atoms with E-state index in [2.05, 4.69) is 10.3 Å². The van der Waals surface area contributed by atoms with Gasteiger partial charge in [0.1, 0.15) is 5.84 Å². The molecule has 0 radical (unpaired) electrons. The van der Waals surface area contributed by atoms with Crippen LogP contribution in [0.15, 0.2) is 107 Å². The van der Waals surface area contributed by atoms with Crippen LogP contribution in [0.2, 0.25) is 0 Å². The number of para-hydroxylation sites is 1. The molecule has 9 heteroatoms. The predicted octanol–water partition coefficient (Wildman–Crippen LogP) is 5.42. The van der Waals surface area contributed by atoms with Gasteiger partial charge in [0.15, 0.2) is 0 Å². The molecule has 6 rings (SSSR count). The molecule has 2 unspecified atom stereocenters. The van der Waals surface area contributed by atoms with Crippen LogP contribution in [-0.2, 0) is 21.2 Å². The Kier molecular flexibility index (Phi) is 8.38. The number of nitrogens with zero attached hydrogens (tertiary/aromatic N) is 2. The zero-order chi connectivity index (χ0) is 28.6. The highest BCUT2D eigenvalue weighted by atomic mass is 35.5. The van der Waals surface area contributed by atoms with Crippen molar-refractivity contribution in [2.75, 3.05) is 17.4 Å². The molecule has 0 spiro atoms. The SMILES string of the molecule is Cc1ccc(S(=O)(=O)N2c3ccccc3-c3ccccc3C2C(CCc2ccc(C3=NCCN3)cc2)C(N)=O)cc1.Cl. The number of fused-ring (bicyclic) bond motifs is 3. The normalized spacial score (nSPS) is 16.4. The first-order chi connectivity index (χ1) is 19.8. The molecule has 4 aromatic rings. The number of amides is 1. The van der Waals surface area contributed by atoms with Crippen molar-refractivity contribution in [2.45, 2.75) is 30.7 Å². The summed E-state index contributed by atoms with van der Waals surface area (Å²) in [4.78, 5) is 17.8. The Bertz CT molecular complexity index is 1740. The number of amidine groups is 1. The Labute approximate surface area is 252 Å². The second-order valence-corrected chi connectivity index (χ2v) is 12.4. The van der Waals surface area contributed by atoms with E-state index < -0.39 is 27.9 Å². The van der Waals surface area contributed by atoms with Crippen molar-refractivity contribution in [1.82, 2.24) is 5.32 Å². The molecule has 42 heavy (non-hydrogen) atoms. The second kappa shape index (κ2) is 12.0. The van der Waals surface area contributed by atoms with Gasteiger partial charge in [-0.15, -0.1) is 12.4 Å². The molecule has 0 saturated heterocycles. The molecule has 0 bridgehead atoms. The molecule has 7 nitrogen and oxygen atoms in total. The average Bonchev–Trinajstić information content (AvgIpc) is 3.53. The number of halogens is 1. The van der Waals surface area contributed by atoms with Crippen molar-refractivity contribution in [3.05, 3.63) is 119 Å². The van der Waals surface area contributed by atoms with Crippen molar-refractivity contribution < 1.29 is 13.2 Å². The molecule has 0 aliphatic carbocycles. The molecule has 2 aliphatic rings. The zero-order valence-electron chi connectivity index (χ0n) is 23.2. The first-order valence-corrected chi connectivity index (χ1v) is 15.2. The fourth-order valence-corrected chi connectivity index (χ4v) is 7.54. The number of nitrogens with one attached hydrogen (secondary N) is 1. The Morgan fingerprint density at radius 1 is 0.952 bits per heavy atom. The molecule has 216 valence electrons. The quantitative estimate of drug-likeness (QED) is 0.282. The van der Waals surface area contributed by atoms with Crippen molar-refractivity contribution in [2.24, 2.45) is 16.6 Å². The van der Waals surface area contributed by atoms with Crippen LogP contribution in [0, 0.1) is 12.8 Å². The van der Waals surface area contributed by atoms with E-state index in [0.717, 1.165) is 52.3 Å². The molecule has 2 heterocycles. The largest absolute Gasteiger partial charge is 0.369 e. The van der Waals surface area contributed by atoms with Gasteiger partial charge in [-0.3, -0.25) is 14.1 Å². The standard InChI is InChI=1S/C33H32N4O3S.ClH/c1-22-10-17-25(18-11-22)41(39,40)37-30-9-5-4-7-27(30)26-6-2-3-8-28(26)31(37)29(32(34)38)19-14-23-12-15-24(16-13-23)33-35-20-21-36-33;/h2-13,15-18,29,31H,14,19-21H2,1H3,(H2,34,38)(H,35,36);1H. The number of sulfonamides is 1. The Morgan fingerprint density at radius 2 is 1.62 bits per heavy atom. The van der Waals surface area contributed by atoms with Crippen LogP contribution in [0.4, 0.5) is 5.69 Å². The van der Waals surface area contributed by atoms with E-state index >= 15 is 0 Å². The summed E-state index contributed by atoms with van der Waals surface area (Å²) in [5, 5.41) is 3.28. The summed E-state index contributed by atoms with van der Waals surface area (Å²) >= 11 is 0. The molecule has 0 saturated carbocycles. The minimum absolute atomic E-state index is 0. The van der Waals surface area contributed by atoms with Crippen LogP contribution < -0.4 is 15.4 Å². The number of nitrogens with two attached hydrogens (primary N) is 1. The number of carbonyl (C=O) groups is 1. The average molecular weight is 601 g/mol. The highest BCUT2D eigenvalue weighted by molar-refractivity contribution is 7.92. The monoisotopic (exact) mass is 600 g/mol. The van der Waals surface area contributed by atoms with Gasteiger partial charge in [-0.05, 0) is 54.7 Å². The first kappa shape index (κ1) is 29.4. The second-order valence-electron chi connectivity index (χ2n) is 10.6. The molecule has 1 amide bonds. The summed E-state index contributed by atoms with van der Waals surface area (Å²) in [6.07, 6.45) is 0.946. The number of hydrogen-bond donors (Lipinski definition) is 2. The molecular weight excluding hydrogens is 568 g/mol. The fraction of sp³-hybridized carbons (Fsp3) is 0.212. The maximum Gasteiger partial charge on any atom is 0.264 e. The van der Waals surface area contributed by atoms with E-state index in [-0.39, 0.29) is 17.3 Å². The third kappa shape index (κ3) is 5.40. The molecule has 3 N–H and O–H groups in total. The van der Waals surface area contributed by atoms with Gasteiger partial charge in [0, 0.05) is 17.7 Å². The van der Waals surface area contributed by atoms with E-state index in [1.807, 2.05) is 73.7 Å². The summed E-state index contributed by atoms with van der Waals surface area (Å²) in [7, 11) is -4.06. The number of primary amides is 1. The third-order valence-corrected chi connectivity index (χ3v) is 9.74. The van der Waals surface area contributed by atoms with E-state index in [4.69, 9.17) is 5.73 Å². The van der Waals surface area contributed by atoms with Gasteiger partial charge in [0.2, 0.25) is 5.91 Å². The van der Waals surface area contributed by atoms with E-state index in [1.165, 1.54) is 4.31 Å². The minimum Gasteiger partial charge on any atom is -0.369 e.